The summed E-state index contributed by atoms with van der Waals surface area (Å²) in [5.41, 5.74) is 0.298. The molecule has 1 aromatic carbocycles. The third kappa shape index (κ3) is 2.98. The topological polar surface area (TPSA) is 37.3 Å². The second kappa shape index (κ2) is 4.45. The number of carboxylic acids is 1. The van der Waals surface area contributed by atoms with Gasteiger partial charge in [0, 0.05) is 4.47 Å². The fourth-order valence-corrected chi connectivity index (χ4v) is 2.03. The Kier molecular flexibility index (Phi) is 3.62. The second-order valence-corrected chi connectivity index (χ2v) is 4.29. The van der Waals surface area contributed by atoms with E-state index in [1.807, 2.05) is 0 Å². The molecule has 1 atom stereocenters. The smallest absolute Gasteiger partial charge is 0.406 e. The van der Waals surface area contributed by atoms with E-state index in [9.17, 15) is 18.0 Å². The van der Waals surface area contributed by atoms with Gasteiger partial charge in [-0.3, -0.25) is 4.79 Å². The number of halogens is 4. The Morgan fingerprint density at radius 3 is 2.31 bits per heavy atom. The first kappa shape index (κ1) is 13.0. The first-order valence-electron chi connectivity index (χ1n) is 4.28. The van der Waals surface area contributed by atoms with Crippen LogP contribution in [0.25, 0.3) is 0 Å². The van der Waals surface area contributed by atoms with Crippen molar-refractivity contribution >= 4 is 21.9 Å². The van der Waals surface area contributed by atoms with E-state index in [0.717, 1.165) is 0 Å². The van der Waals surface area contributed by atoms with Crippen LogP contribution in [0.15, 0.2) is 22.7 Å². The summed E-state index contributed by atoms with van der Waals surface area (Å²) in [4.78, 5) is 10.6. The fourth-order valence-electron chi connectivity index (χ4n) is 1.40. The zero-order valence-electron chi connectivity index (χ0n) is 8.18. The summed E-state index contributed by atoms with van der Waals surface area (Å²) in [7, 11) is 0. The van der Waals surface area contributed by atoms with E-state index in [2.05, 4.69) is 15.9 Å². The third-order valence-corrected chi connectivity index (χ3v) is 2.43. The minimum absolute atomic E-state index is 0.271. The lowest BCUT2D eigenvalue weighted by Crippen LogP contribution is -2.28. The van der Waals surface area contributed by atoms with E-state index in [1.165, 1.54) is 12.1 Å². The minimum Gasteiger partial charge on any atom is -0.481 e. The molecular formula is C10H8BrF3O2. The van der Waals surface area contributed by atoms with Gasteiger partial charge in [-0.1, -0.05) is 22.0 Å². The Balaban J connectivity index is 3.27. The van der Waals surface area contributed by atoms with Crippen molar-refractivity contribution < 1.29 is 23.1 Å². The van der Waals surface area contributed by atoms with Gasteiger partial charge in [-0.25, -0.2) is 0 Å². The lowest BCUT2D eigenvalue weighted by atomic mass is 9.97. The molecule has 0 saturated heterocycles. The Hall–Kier alpha value is -1.04. The third-order valence-electron chi connectivity index (χ3n) is 1.97. The van der Waals surface area contributed by atoms with Crippen LogP contribution in [0, 0.1) is 6.92 Å². The van der Waals surface area contributed by atoms with Crippen molar-refractivity contribution in [2.45, 2.75) is 19.0 Å². The molecule has 0 spiro atoms. The van der Waals surface area contributed by atoms with Crippen LogP contribution in [0.3, 0.4) is 0 Å². The zero-order chi connectivity index (χ0) is 12.5. The van der Waals surface area contributed by atoms with E-state index in [1.54, 1.807) is 13.0 Å². The van der Waals surface area contributed by atoms with Gasteiger partial charge in [0.15, 0.2) is 5.92 Å². The molecule has 0 amide bonds. The summed E-state index contributed by atoms with van der Waals surface area (Å²) in [5, 5.41) is 8.61. The summed E-state index contributed by atoms with van der Waals surface area (Å²) in [6.45, 7) is 1.60. The van der Waals surface area contributed by atoms with E-state index in [0.29, 0.717) is 10.0 Å². The first-order valence-corrected chi connectivity index (χ1v) is 5.07. The molecule has 6 heteroatoms. The van der Waals surface area contributed by atoms with Gasteiger partial charge >= 0.3 is 12.1 Å². The molecule has 1 rings (SSSR count). The number of benzene rings is 1. The van der Waals surface area contributed by atoms with E-state index in [4.69, 9.17) is 5.11 Å². The number of aryl methyl sites for hydroxylation is 1. The number of carbonyl (C=O) groups is 1. The van der Waals surface area contributed by atoms with Crippen molar-refractivity contribution in [3.63, 3.8) is 0 Å². The zero-order valence-corrected chi connectivity index (χ0v) is 9.76. The van der Waals surface area contributed by atoms with Crippen molar-refractivity contribution in [2.75, 3.05) is 0 Å². The molecule has 2 nitrogen and oxygen atoms in total. The van der Waals surface area contributed by atoms with Crippen molar-refractivity contribution in [3.05, 3.63) is 33.8 Å². The van der Waals surface area contributed by atoms with Crippen LogP contribution < -0.4 is 0 Å². The average Bonchev–Trinajstić information content (AvgIpc) is 1.96. The highest BCUT2D eigenvalue weighted by Crippen LogP contribution is 2.36. The molecule has 0 fully saturated rings. The average molecular weight is 297 g/mol. The molecule has 0 radical (unpaired) electrons. The molecule has 16 heavy (non-hydrogen) atoms. The number of hydrogen-bond donors (Lipinski definition) is 1. The van der Waals surface area contributed by atoms with Gasteiger partial charge in [-0.15, -0.1) is 0 Å². The normalized spacial score (nSPS) is 13.6. The van der Waals surface area contributed by atoms with Crippen LogP contribution in [0.4, 0.5) is 13.2 Å². The van der Waals surface area contributed by atoms with E-state index < -0.39 is 18.1 Å². The van der Waals surface area contributed by atoms with Crippen molar-refractivity contribution in [1.82, 2.24) is 0 Å². The lowest BCUT2D eigenvalue weighted by Gasteiger charge is -2.17. The molecule has 0 aliphatic carbocycles. The van der Waals surface area contributed by atoms with Crippen molar-refractivity contribution in [2.24, 2.45) is 0 Å². The minimum atomic E-state index is -4.79. The molecule has 1 aromatic rings. The molecule has 1 N–H and O–H groups in total. The highest BCUT2D eigenvalue weighted by Gasteiger charge is 2.46. The number of aliphatic carboxylic acids is 1. The monoisotopic (exact) mass is 296 g/mol. The molecule has 0 aliphatic rings. The van der Waals surface area contributed by atoms with Crippen LogP contribution in [0.5, 0.6) is 0 Å². The van der Waals surface area contributed by atoms with Crippen LogP contribution in [-0.2, 0) is 4.79 Å². The van der Waals surface area contributed by atoms with Crippen molar-refractivity contribution in [3.8, 4) is 0 Å². The number of carboxylic acid groups (broad SMARTS) is 1. The van der Waals surface area contributed by atoms with Crippen molar-refractivity contribution in [1.29, 1.82) is 0 Å². The quantitative estimate of drug-likeness (QED) is 0.907. The maximum Gasteiger partial charge on any atom is 0.406 e. The maximum atomic E-state index is 12.5. The van der Waals surface area contributed by atoms with Crippen LogP contribution in [0.1, 0.15) is 17.0 Å². The molecule has 0 heterocycles. The van der Waals surface area contributed by atoms with E-state index in [-0.39, 0.29) is 5.56 Å². The largest absolute Gasteiger partial charge is 0.481 e. The highest BCUT2D eigenvalue weighted by atomic mass is 79.9. The highest BCUT2D eigenvalue weighted by molar-refractivity contribution is 9.10. The molecule has 0 aromatic heterocycles. The second-order valence-electron chi connectivity index (χ2n) is 3.37. The first-order chi connectivity index (χ1) is 7.21. The predicted molar refractivity (Wildman–Crippen MR) is 55.3 cm³/mol. The maximum absolute atomic E-state index is 12.5. The summed E-state index contributed by atoms with van der Waals surface area (Å²) >= 11 is 3.04. The molecule has 88 valence electrons. The Bertz CT molecular complexity index is 395. The summed E-state index contributed by atoms with van der Waals surface area (Å²) in [6, 6.07) is 4.00. The Morgan fingerprint density at radius 2 is 1.94 bits per heavy atom. The summed E-state index contributed by atoms with van der Waals surface area (Å²) in [5.74, 6) is -4.38. The SMILES string of the molecule is Cc1cc(Br)cc(C(C(=O)O)C(F)(F)F)c1. The van der Waals surface area contributed by atoms with Gasteiger partial charge in [-0.2, -0.15) is 13.2 Å². The van der Waals surface area contributed by atoms with Gasteiger partial charge in [0.25, 0.3) is 0 Å². The van der Waals surface area contributed by atoms with Crippen LogP contribution in [-0.4, -0.2) is 17.3 Å². The standard InChI is InChI=1S/C10H8BrF3O2/c1-5-2-6(4-7(11)3-5)8(9(15)16)10(12,13)14/h2-4,8H,1H3,(H,15,16). The number of rotatable bonds is 2. The van der Waals surface area contributed by atoms with Gasteiger partial charge in [0.05, 0.1) is 0 Å². The molecule has 0 bridgehead atoms. The van der Waals surface area contributed by atoms with Gasteiger partial charge < -0.3 is 5.11 Å². The van der Waals surface area contributed by atoms with Gasteiger partial charge in [-0.05, 0) is 30.2 Å². The fraction of sp³-hybridized carbons (Fsp3) is 0.300. The molecular weight excluding hydrogens is 289 g/mol. The lowest BCUT2D eigenvalue weighted by molar-refractivity contribution is -0.176. The summed E-state index contributed by atoms with van der Waals surface area (Å²) < 4.78 is 38.0. The van der Waals surface area contributed by atoms with Gasteiger partial charge in [0.2, 0.25) is 0 Å². The Morgan fingerprint density at radius 1 is 1.38 bits per heavy atom. The molecule has 0 aliphatic heterocycles. The number of hydrogen-bond acceptors (Lipinski definition) is 1. The molecule has 1 unspecified atom stereocenters. The van der Waals surface area contributed by atoms with Gasteiger partial charge in [0.1, 0.15) is 0 Å². The molecule has 0 saturated carbocycles. The predicted octanol–water partition coefficient (Wildman–Crippen LogP) is 3.49. The van der Waals surface area contributed by atoms with E-state index >= 15 is 0 Å². The number of alkyl halides is 3. The van der Waals surface area contributed by atoms with Crippen LogP contribution in [0.2, 0.25) is 0 Å². The van der Waals surface area contributed by atoms with Crippen LogP contribution >= 0.6 is 15.9 Å². The Labute approximate surface area is 98.2 Å². The summed E-state index contributed by atoms with van der Waals surface area (Å²) in [6.07, 6.45) is -4.79.